The van der Waals surface area contributed by atoms with Gasteiger partial charge in [-0.3, -0.25) is 4.79 Å². The zero-order valence-electron chi connectivity index (χ0n) is 21.7. The zero-order chi connectivity index (χ0) is 28.4. The Morgan fingerprint density at radius 3 is 1.68 bits per heavy atom. The minimum Gasteiger partial charge on any atom is -0.507 e. The number of aromatic hydroxyl groups is 1. The number of alkyl halides is 6. The number of carbonyl (C=O) groups excluding carboxylic acids is 1. The molecule has 2 aromatic carbocycles. The number of rotatable bonds is 7. The molecule has 0 atom stereocenters. The molecule has 0 bridgehead atoms. The molecule has 206 valence electrons. The minimum absolute atomic E-state index is 0.0177. The van der Waals surface area contributed by atoms with Crippen molar-refractivity contribution in [2.24, 2.45) is 0 Å². The third-order valence-electron chi connectivity index (χ3n) is 5.64. The highest BCUT2D eigenvalue weighted by Crippen LogP contribution is 2.40. The van der Waals surface area contributed by atoms with Gasteiger partial charge in [-0.1, -0.05) is 53.7 Å². The molecule has 0 saturated carbocycles. The predicted molar refractivity (Wildman–Crippen MR) is 136 cm³/mol. The molecule has 0 unspecified atom stereocenters. The number of hydrogen-bond acceptors (Lipinski definition) is 3. The Kier molecular flexibility index (Phi) is 9.32. The summed E-state index contributed by atoms with van der Waals surface area (Å²) in [7, 11) is 0. The summed E-state index contributed by atoms with van der Waals surface area (Å²) in [6.45, 7) is 12.1. The molecule has 2 N–H and O–H groups in total. The monoisotopic (exact) mass is 549 g/mol. The second-order valence-electron chi connectivity index (χ2n) is 11.0. The number of thioether (sulfide) groups is 1. The molecule has 0 aromatic heterocycles. The fourth-order valence-corrected chi connectivity index (χ4v) is 4.50. The molecule has 0 spiro atoms. The van der Waals surface area contributed by atoms with Crippen LogP contribution in [0.25, 0.3) is 0 Å². The number of benzene rings is 2. The minimum atomic E-state index is -4.98. The molecule has 0 radical (unpaired) electrons. The van der Waals surface area contributed by atoms with Crippen LogP contribution in [-0.2, 0) is 34.4 Å². The fraction of sp³-hybridized carbons (Fsp3) is 0.519. The third kappa shape index (κ3) is 8.86. The molecule has 0 aliphatic heterocycles. The number of phenols is 1. The summed E-state index contributed by atoms with van der Waals surface area (Å²) in [6, 6.07) is 4.95. The van der Waals surface area contributed by atoms with Crippen molar-refractivity contribution in [1.29, 1.82) is 0 Å². The summed E-state index contributed by atoms with van der Waals surface area (Å²) in [5.41, 5.74) is -1.30. The Morgan fingerprint density at radius 1 is 0.811 bits per heavy atom. The van der Waals surface area contributed by atoms with Crippen LogP contribution in [0.3, 0.4) is 0 Å². The van der Waals surface area contributed by atoms with Crippen LogP contribution < -0.4 is 5.32 Å². The van der Waals surface area contributed by atoms with Crippen molar-refractivity contribution in [2.75, 3.05) is 16.8 Å². The Bertz CT molecular complexity index is 1040. The summed E-state index contributed by atoms with van der Waals surface area (Å²) in [4.78, 5) is 12.2. The second-order valence-corrected chi connectivity index (χ2v) is 12.1. The van der Waals surface area contributed by atoms with Gasteiger partial charge in [-0.2, -0.15) is 38.1 Å². The van der Waals surface area contributed by atoms with E-state index in [-0.39, 0.29) is 28.4 Å². The second kappa shape index (κ2) is 11.2. The first-order valence-corrected chi connectivity index (χ1v) is 12.9. The fourth-order valence-electron chi connectivity index (χ4n) is 3.75. The van der Waals surface area contributed by atoms with Crippen molar-refractivity contribution >= 4 is 23.4 Å². The molecular weight excluding hydrogens is 516 g/mol. The Labute approximate surface area is 218 Å². The van der Waals surface area contributed by atoms with E-state index in [0.717, 1.165) is 16.7 Å². The van der Waals surface area contributed by atoms with Gasteiger partial charge in [0.05, 0.1) is 16.9 Å². The first kappa shape index (κ1) is 30.9. The van der Waals surface area contributed by atoms with Crippen LogP contribution in [0.15, 0.2) is 30.3 Å². The molecule has 0 aliphatic carbocycles. The predicted octanol–water partition coefficient (Wildman–Crippen LogP) is 8.33. The summed E-state index contributed by atoms with van der Waals surface area (Å²) in [6.07, 6.45) is -8.59. The van der Waals surface area contributed by atoms with Gasteiger partial charge in [0.1, 0.15) is 5.75 Å². The van der Waals surface area contributed by atoms with E-state index >= 15 is 0 Å². The van der Waals surface area contributed by atoms with E-state index in [1.165, 1.54) is 11.8 Å². The van der Waals surface area contributed by atoms with Gasteiger partial charge in [0.15, 0.2) is 0 Å². The van der Waals surface area contributed by atoms with E-state index in [4.69, 9.17) is 0 Å². The largest absolute Gasteiger partial charge is 0.507 e. The molecule has 1 amide bonds. The summed E-state index contributed by atoms with van der Waals surface area (Å²) in [5.74, 6) is 0.0406. The Balaban J connectivity index is 2.01. The van der Waals surface area contributed by atoms with Crippen molar-refractivity contribution in [1.82, 2.24) is 0 Å². The number of nitrogens with one attached hydrogen (secondary N) is 1. The average molecular weight is 550 g/mol. The van der Waals surface area contributed by atoms with Gasteiger partial charge < -0.3 is 10.4 Å². The van der Waals surface area contributed by atoms with Crippen LogP contribution in [0.4, 0.5) is 32.0 Å². The third-order valence-corrected chi connectivity index (χ3v) is 6.69. The lowest BCUT2D eigenvalue weighted by atomic mass is 9.78. The molecule has 0 saturated heterocycles. The number of amides is 1. The van der Waals surface area contributed by atoms with Crippen molar-refractivity contribution in [3.8, 4) is 5.75 Å². The lowest BCUT2D eigenvalue weighted by Crippen LogP contribution is -2.18. The highest BCUT2D eigenvalue weighted by Gasteiger charge is 2.37. The van der Waals surface area contributed by atoms with Gasteiger partial charge in [-0.25, -0.2) is 0 Å². The molecular formula is C27H33F6NO2S. The van der Waals surface area contributed by atoms with Crippen molar-refractivity contribution in [2.45, 2.75) is 77.6 Å². The van der Waals surface area contributed by atoms with E-state index in [1.54, 1.807) is 0 Å². The highest BCUT2D eigenvalue weighted by molar-refractivity contribution is 7.99. The number of carbonyl (C=O) groups is 1. The summed E-state index contributed by atoms with van der Waals surface area (Å²) in [5, 5.41) is 13.0. The first-order valence-electron chi connectivity index (χ1n) is 11.7. The van der Waals surface area contributed by atoms with Crippen molar-refractivity contribution < 1.29 is 36.2 Å². The first-order chi connectivity index (χ1) is 16.7. The molecule has 10 heteroatoms. The van der Waals surface area contributed by atoms with Gasteiger partial charge in [-0.05, 0) is 64.3 Å². The van der Waals surface area contributed by atoms with E-state index in [0.29, 0.717) is 30.7 Å². The van der Waals surface area contributed by atoms with E-state index in [1.807, 2.05) is 53.7 Å². The van der Waals surface area contributed by atoms with Gasteiger partial charge in [0.2, 0.25) is 5.91 Å². The number of aryl methyl sites for hydroxylation is 1. The quantitative estimate of drug-likeness (QED) is 0.270. The van der Waals surface area contributed by atoms with Gasteiger partial charge in [-0.15, -0.1) is 0 Å². The van der Waals surface area contributed by atoms with Crippen molar-refractivity contribution in [3.63, 3.8) is 0 Å². The highest BCUT2D eigenvalue weighted by atomic mass is 32.2. The smallest absolute Gasteiger partial charge is 0.416 e. The number of hydrogen-bond donors (Lipinski definition) is 2. The van der Waals surface area contributed by atoms with Crippen LogP contribution in [0, 0.1) is 0 Å². The SMILES string of the molecule is CC(C)(C)c1cc(CCCSCC(=O)Nc2cc(C(F)(F)F)cc(C(F)(F)F)c2)cc(C(C)(C)C)c1O. The maximum Gasteiger partial charge on any atom is 0.416 e. The molecule has 0 fully saturated rings. The van der Waals surface area contributed by atoms with E-state index in [2.05, 4.69) is 5.32 Å². The molecule has 0 aliphatic rings. The number of halogens is 6. The zero-order valence-corrected chi connectivity index (χ0v) is 22.6. The standard InChI is InChI=1S/C27H33F6NO2S/c1-24(2,3)20-10-16(11-21(23(20)36)25(4,5)6)8-7-9-37-15-22(35)34-19-13-17(26(28,29)30)12-18(14-19)27(31,32)33/h10-14,36H,7-9,15H2,1-6H3,(H,34,35). The van der Waals surface area contributed by atoms with Crippen LogP contribution in [0.5, 0.6) is 5.75 Å². The van der Waals surface area contributed by atoms with Crippen LogP contribution >= 0.6 is 11.8 Å². The number of phenolic OH excluding ortho intramolecular Hbond substituents is 1. The van der Waals surface area contributed by atoms with Crippen LogP contribution in [0.2, 0.25) is 0 Å². The van der Waals surface area contributed by atoms with Gasteiger partial charge in [0, 0.05) is 5.69 Å². The molecule has 2 aromatic rings. The lowest BCUT2D eigenvalue weighted by Gasteiger charge is -2.28. The van der Waals surface area contributed by atoms with E-state index in [9.17, 15) is 36.2 Å². The number of anilines is 1. The maximum absolute atomic E-state index is 13.0. The molecule has 3 nitrogen and oxygen atoms in total. The molecule has 2 rings (SSSR count). The van der Waals surface area contributed by atoms with Gasteiger partial charge in [0.25, 0.3) is 0 Å². The summed E-state index contributed by atoms with van der Waals surface area (Å²) >= 11 is 1.24. The van der Waals surface area contributed by atoms with Crippen LogP contribution in [-0.4, -0.2) is 22.5 Å². The molecule has 37 heavy (non-hydrogen) atoms. The lowest BCUT2D eigenvalue weighted by molar-refractivity contribution is -0.143. The topological polar surface area (TPSA) is 49.3 Å². The summed E-state index contributed by atoms with van der Waals surface area (Å²) < 4.78 is 78.0. The Morgan fingerprint density at radius 2 is 1.27 bits per heavy atom. The van der Waals surface area contributed by atoms with E-state index < -0.39 is 35.1 Å². The van der Waals surface area contributed by atoms with Crippen molar-refractivity contribution in [3.05, 3.63) is 58.1 Å². The van der Waals surface area contributed by atoms with Crippen LogP contribution in [0.1, 0.15) is 75.8 Å². The average Bonchev–Trinajstić information content (AvgIpc) is 2.71. The molecule has 0 heterocycles. The Hall–Kier alpha value is -2.36. The van der Waals surface area contributed by atoms with Gasteiger partial charge >= 0.3 is 12.4 Å². The normalized spacial score (nSPS) is 13.1. The maximum atomic E-state index is 13.0.